The number of nitrogens with zero attached hydrogens (tertiary/aromatic N) is 2. The number of benzene rings is 1. The molecule has 0 radical (unpaired) electrons. The second-order valence-electron chi connectivity index (χ2n) is 3.94. The van der Waals surface area contributed by atoms with Crippen molar-refractivity contribution in [2.24, 2.45) is 10.9 Å². The third kappa shape index (κ3) is 3.45. The first-order valence-electron chi connectivity index (χ1n) is 5.90. The molecule has 0 saturated carbocycles. The fourth-order valence-electron chi connectivity index (χ4n) is 1.69. The first-order chi connectivity index (χ1) is 9.31. The molecule has 2 rings (SSSR count). The molecule has 19 heavy (non-hydrogen) atoms. The number of nitrogens with two attached hydrogens (primary N) is 1. The molecule has 0 aliphatic carbocycles. The van der Waals surface area contributed by atoms with Crippen molar-refractivity contribution < 1.29 is 9.94 Å². The van der Waals surface area contributed by atoms with Gasteiger partial charge in [-0.05, 0) is 29.8 Å². The second-order valence-corrected chi connectivity index (χ2v) is 3.94. The summed E-state index contributed by atoms with van der Waals surface area (Å²) in [5.74, 6) is 0.645. The van der Waals surface area contributed by atoms with Gasteiger partial charge >= 0.3 is 0 Å². The average molecular weight is 257 g/mol. The highest BCUT2D eigenvalue weighted by atomic mass is 16.5. The monoisotopic (exact) mass is 257 g/mol. The van der Waals surface area contributed by atoms with Gasteiger partial charge in [0.05, 0.1) is 12.2 Å². The van der Waals surface area contributed by atoms with Crippen LogP contribution in [0.3, 0.4) is 0 Å². The molecule has 2 aromatic rings. The number of para-hydroxylation sites is 1. The third-order valence-corrected chi connectivity index (χ3v) is 2.67. The van der Waals surface area contributed by atoms with E-state index in [1.165, 1.54) is 0 Å². The van der Waals surface area contributed by atoms with E-state index in [1.54, 1.807) is 24.5 Å². The molecule has 0 fully saturated rings. The van der Waals surface area contributed by atoms with Crippen LogP contribution in [0.15, 0.2) is 53.9 Å². The molecule has 98 valence electrons. The van der Waals surface area contributed by atoms with Crippen molar-refractivity contribution in [3.8, 4) is 5.75 Å². The number of hydrogen-bond acceptors (Lipinski definition) is 4. The first-order valence-corrected chi connectivity index (χ1v) is 5.90. The Bertz CT molecular complexity index is 556. The summed E-state index contributed by atoms with van der Waals surface area (Å²) in [6.07, 6.45) is 4.27. The van der Waals surface area contributed by atoms with Crippen LogP contribution in [0.25, 0.3) is 0 Å². The van der Waals surface area contributed by atoms with Gasteiger partial charge in [-0.3, -0.25) is 4.98 Å². The largest absolute Gasteiger partial charge is 0.492 e. The number of amidine groups is 1. The Hall–Kier alpha value is -2.56. The summed E-state index contributed by atoms with van der Waals surface area (Å²) in [6, 6.07) is 11.1. The summed E-state index contributed by atoms with van der Waals surface area (Å²) in [5.41, 5.74) is 7.32. The van der Waals surface area contributed by atoms with E-state index < -0.39 is 0 Å². The van der Waals surface area contributed by atoms with Gasteiger partial charge in [0.2, 0.25) is 0 Å². The zero-order valence-corrected chi connectivity index (χ0v) is 10.4. The molecule has 1 aromatic carbocycles. The summed E-state index contributed by atoms with van der Waals surface area (Å²) < 4.78 is 5.67. The van der Waals surface area contributed by atoms with E-state index in [1.807, 2.05) is 24.3 Å². The molecule has 0 spiro atoms. The molecular formula is C14H15N3O2. The van der Waals surface area contributed by atoms with Gasteiger partial charge in [-0.25, -0.2) is 0 Å². The molecule has 0 unspecified atom stereocenters. The van der Waals surface area contributed by atoms with E-state index in [9.17, 15) is 0 Å². The number of hydrogen-bond donors (Lipinski definition) is 2. The summed E-state index contributed by atoms with van der Waals surface area (Å²) in [7, 11) is 0. The van der Waals surface area contributed by atoms with Gasteiger partial charge in [-0.1, -0.05) is 17.3 Å². The standard InChI is InChI=1S/C14H15N3O2/c15-14(17-18)12-3-1-2-4-13(12)19-10-7-11-5-8-16-9-6-11/h1-6,8-9,18H,7,10H2,(H2,15,17). The Morgan fingerprint density at radius 3 is 2.68 bits per heavy atom. The number of pyridine rings is 1. The molecule has 0 aliphatic heterocycles. The first kappa shape index (κ1) is 12.9. The molecule has 3 N–H and O–H groups in total. The van der Waals surface area contributed by atoms with Crippen molar-refractivity contribution in [2.75, 3.05) is 6.61 Å². The minimum atomic E-state index is 0.0412. The summed E-state index contributed by atoms with van der Waals surface area (Å²) >= 11 is 0. The van der Waals surface area contributed by atoms with Crippen molar-refractivity contribution in [3.63, 3.8) is 0 Å². The van der Waals surface area contributed by atoms with Crippen LogP contribution in [0.1, 0.15) is 11.1 Å². The van der Waals surface area contributed by atoms with Crippen LogP contribution in [0.4, 0.5) is 0 Å². The zero-order valence-electron chi connectivity index (χ0n) is 10.4. The van der Waals surface area contributed by atoms with E-state index >= 15 is 0 Å². The Labute approximate surface area is 111 Å². The summed E-state index contributed by atoms with van der Waals surface area (Å²) in [6.45, 7) is 0.514. The van der Waals surface area contributed by atoms with Crippen LogP contribution in [-0.2, 0) is 6.42 Å². The molecule has 5 heteroatoms. The lowest BCUT2D eigenvalue weighted by Crippen LogP contribution is -2.15. The maximum Gasteiger partial charge on any atom is 0.173 e. The number of aromatic nitrogens is 1. The Morgan fingerprint density at radius 1 is 1.21 bits per heavy atom. The van der Waals surface area contributed by atoms with Gasteiger partial charge in [-0.15, -0.1) is 0 Å². The van der Waals surface area contributed by atoms with Crippen LogP contribution in [0, 0.1) is 0 Å². The van der Waals surface area contributed by atoms with Crippen LogP contribution in [0.5, 0.6) is 5.75 Å². The van der Waals surface area contributed by atoms with E-state index in [2.05, 4.69) is 10.1 Å². The topological polar surface area (TPSA) is 80.7 Å². The van der Waals surface area contributed by atoms with Crippen molar-refractivity contribution in [1.29, 1.82) is 0 Å². The molecular weight excluding hydrogens is 242 g/mol. The van der Waals surface area contributed by atoms with Crippen LogP contribution in [-0.4, -0.2) is 22.6 Å². The van der Waals surface area contributed by atoms with Crippen LogP contribution < -0.4 is 10.5 Å². The predicted octanol–water partition coefficient (Wildman–Crippen LogP) is 1.80. The Morgan fingerprint density at radius 2 is 1.95 bits per heavy atom. The predicted molar refractivity (Wildman–Crippen MR) is 72.4 cm³/mol. The maximum absolute atomic E-state index is 8.72. The highest BCUT2D eigenvalue weighted by Crippen LogP contribution is 2.17. The smallest absolute Gasteiger partial charge is 0.173 e. The minimum absolute atomic E-state index is 0.0412. The molecule has 1 heterocycles. The lowest BCUT2D eigenvalue weighted by molar-refractivity contribution is 0.313. The molecule has 0 amide bonds. The van der Waals surface area contributed by atoms with Crippen LogP contribution >= 0.6 is 0 Å². The van der Waals surface area contributed by atoms with Gasteiger partial charge in [-0.2, -0.15) is 0 Å². The van der Waals surface area contributed by atoms with Crippen molar-refractivity contribution in [2.45, 2.75) is 6.42 Å². The molecule has 0 bridgehead atoms. The second kappa shape index (κ2) is 6.39. The van der Waals surface area contributed by atoms with E-state index in [0.717, 1.165) is 12.0 Å². The number of oxime groups is 1. The normalized spacial score (nSPS) is 11.3. The number of rotatable bonds is 5. The SMILES string of the molecule is N/C(=N\O)c1ccccc1OCCc1ccncc1. The molecule has 0 atom stereocenters. The molecule has 0 aliphatic rings. The highest BCUT2D eigenvalue weighted by molar-refractivity contribution is 5.99. The lowest BCUT2D eigenvalue weighted by atomic mass is 10.2. The third-order valence-electron chi connectivity index (χ3n) is 2.67. The quantitative estimate of drug-likeness (QED) is 0.370. The van der Waals surface area contributed by atoms with E-state index in [0.29, 0.717) is 17.9 Å². The van der Waals surface area contributed by atoms with Gasteiger partial charge in [0, 0.05) is 18.8 Å². The molecule has 1 aromatic heterocycles. The van der Waals surface area contributed by atoms with Gasteiger partial charge in [0.25, 0.3) is 0 Å². The zero-order chi connectivity index (χ0) is 13.5. The summed E-state index contributed by atoms with van der Waals surface area (Å²) in [5, 5.41) is 11.7. The molecule has 5 nitrogen and oxygen atoms in total. The average Bonchev–Trinajstić information content (AvgIpc) is 2.48. The van der Waals surface area contributed by atoms with E-state index in [4.69, 9.17) is 15.7 Å². The minimum Gasteiger partial charge on any atom is -0.492 e. The van der Waals surface area contributed by atoms with Gasteiger partial charge in [0.1, 0.15) is 5.75 Å². The summed E-state index contributed by atoms with van der Waals surface area (Å²) in [4.78, 5) is 3.96. The molecule has 0 saturated heterocycles. The van der Waals surface area contributed by atoms with Crippen molar-refractivity contribution >= 4 is 5.84 Å². The fraction of sp³-hybridized carbons (Fsp3) is 0.143. The maximum atomic E-state index is 8.72. The fourth-order valence-corrected chi connectivity index (χ4v) is 1.69. The van der Waals surface area contributed by atoms with Crippen molar-refractivity contribution in [3.05, 3.63) is 59.9 Å². The van der Waals surface area contributed by atoms with Gasteiger partial charge in [0.15, 0.2) is 5.84 Å². The number of ether oxygens (including phenoxy) is 1. The van der Waals surface area contributed by atoms with Crippen molar-refractivity contribution in [1.82, 2.24) is 4.98 Å². The Balaban J connectivity index is 2.00. The van der Waals surface area contributed by atoms with Gasteiger partial charge < -0.3 is 15.7 Å². The van der Waals surface area contributed by atoms with Crippen LogP contribution in [0.2, 0.25) is 0 Å². The highest BCUT2D eigenvalue weighted by Gasteiger charge is 2.07. The van der Waals surface area contributed by atoms with E-state index in [-0.39, 0.29) is 5.84 Å². The Kier molecular flexibility index (Phi) is 4.34. The lowest BCUT2D eigenvalue weighted by Gasteiger charge is -2.10.